The SMILES string of the molecule is CCc1ccc(C(NN)c2ccccc2C2CCC2)cc1. The fraction of sp³-hybridized carbons (Fsp3) is 0.368. The van der Waals surface area contributed by atoms with E-state index in [1.54, 1.807) is 0 Å². The smallest absolute Gasteiger partial charge is 0.0712 e. The average Bonchev–Trinajstić information content (AvgIpc) is 2.49. The Morgan fingerprint density at radius 2 is 1.81 bits per heavy atom. The summed E-state index contributed by atoms with van der Waals surface area (Å²) in [5.74, 6) is 6.60. The maximum Gasteiger partial charge on any atom is 0.0712 e. The Bertz CT molecular complexity index is 585. The van der Waals surface area contributed by atoms with Crippen molar-refractivity contribution in [3.05, 3.63) is 70.8 Å². The summed E-state index contributed by atoms with van der Waals surface area (Å²) in [4.78, 5) is 0. The topological polar surface area (TPSA) is 38.0 Å². The predicted octanol–water partition coefficient (Wildman–Crippen LogP) is 4.07. The second kappa shape index (κ2) is 6.42. The summed E-state index contributed by atoms with van der Waals surface area (Å²) >= 11 is 0. The molecule has 1 fully saturated rings. The van der Waals surface area contributed by atoms with Gasteiger partial charge in [-0.15, -0.1) is 0 Å². The van der Waals surface area contributed by atoms with E-state index in [1.165, 1.54) is 41.5 Å². The van der Waals surface area contributed by atoms with Gasteiger partial charge >= 0.3 is 0 Å². The fourth-order valence-electron chi connectivity index (χ4n) is 3.18. The highest BCUT2D eigenvalue weighted by atomic mass is 15.2. The first kappa shape index (κ1) is 14.3. The number of benzene rings is 2. The van der Waals surface area contributed by atoms with Gasteiger partial charge < -0.3 is 0 Å². The zero-order chi connectivity index (χ0) is 14.7. The molecule has 21 heavy (non-hydrogen) atoms. The Kier molecular flexibility index (Phi) is 4.37. The third kappa shape index (κ3) is 2.87. The van der Waals surface area contributed by atoms with Crippen LogP contribution in [0.5, 0.6) is 0 Å². The van der Waals surface area contributed by atoms with Crippen LogP contribution in [0.4, 0.5) is 0 Å². The van der Waals surface area contributed by atoms with E-state index < -0.39 is 0 Å². The van der Waals surface area contributed by atoms with E-state index in [4.69, 9.17) is 5.84 Å². The van der Waals surface area contributed by atoms with Gasteiger partial charge in [-0.3, -0.25) is 5.84 Å². The van der Waals surface area contributed by atoms with Crippen LogP contribution >= 0.6 is 0 Å². The van der Waals surface area contributed by atoms with Crippen LogP contribution in [0.25, 0.3) is 0 Å². The molecule has 2 aromatic rings. The Labute approximate surface area is 127 Å². The highest BCUT2D eigenvalue weighted by Gasteiger charge is 2.25. The van der Waals surface area contributed by atoms with Gasteiger partial charge in [-0.1, -0.05) is 61.9 Å². The van der Waals surface area contributed by atoms with E-state index in [9.17, 15) is 0 Å². The van der Waals surface area contributed by atoms with E-state index in [0.717, 1.165) is 6.42 Å². The van der Waals surface area contributed by atoms with Gasteiger partial charge in [0.1, 0.15) is 0 Å². The number of nitrogens with two attached hydrogens (primary N) is 1. The fourth-order valence-corrected chi connectivity index (χ4v) is 3.18. The summed E-state index contributed by atoms with van der Waals surface area (Å²) in [5.41, 5.74) is 8.41. The van der Waals surface area contributed by atoms with Gasteiger partial charge in [0.15, 0.2) is 0 Å². The number of nitrogens with one attached hydrogen (secondary N) is 1. The number of hydrazine groups is 1. The van der Waals surface area contributed by atoms with Crippen molar-refractivity contribution in [2.24, 2.45) is 5.84 Å². The van der Waals surface area contributed by atoms with Crippen molar-refractivity contribution in [3.8, 4) is 0 Å². The highest BCUT2D eigenvalue weighted by molar-refractivity contribution is 5.40. The summed E-state index contributed by atoms with van der Waals surface area (Å²) in [5, 5.41) is 0. The first-order chi connectivity index (χ1) is 10.3. The van der Waals surface area contributed by atoms with Crippen LogP contribution in [-0.4, -0.2) is 0 Å². The quantitative estimate of drug-likeness (QED) is 0.640. The molecule has 1 unspecified atom stereocenters. The van der Waals surface area contributed by atoms with Crippen molar-refractivity contribution >= 4 is 0 Å². The molecule has 0 radical (unpaired) electrons. The summed E-state index contributed by atoms with van der Waals surface area (Å²) in [7, 11) is 0. The minimum atomic E-state index is 0.0766. The summed E-state index contributed by atoms with van der Waals surface area (Å²) < 4.78 is 0. The van der Waals surface area contributed by atoms with E-state index in [1.807, 2.05) is 0 Å². The molecule has 0 saturated heterocycles. The molecular formula is C19H24N2. The van der Waals surface area contributed by atoms with Crippen LogP contribution in [0, 0.1) is 0 Å². The van der Waals surface area contributed by atoms with Crippen molar-refractivity contribution in [2.75, 3.05) is 0 Å². The van der Waals surface area contributed by atoms with Gasteiger partial charge in [0.25, 0.3) is 0 Å². The largest absolute Gasteiger partial charge is 0.271 e. The maximum absolute atomic E-state index is 5.89. The second-order valence-electron chi connectivity index (χ2n) is 5.95. The van der Waals surface area contributed by atoms with E-state index in [2.05, 4.69) is 60.9 Å². The van der Waals surface area contributed by atoms with Crippen molar-refractivity contribution in [1.29, 1.82) is 0 Å². The maximum atomic E-state index is 5.89. The number of hydrogen-bond acceptors (Lipinski definition) is 2. The molecule has 0 heterocycles. The predicted molar refractivity (Wildman–Crippen MR) is 88.0 cm³/mol. The lowest BCUT2D eigenvalue weighted by Gasteiger charge is -2.30. The molecule has 1 saturated carbocycles. The summed E-state index contributed by atoms with van der Waals surface area (Å²) in [6.45, 7) is 2.18. The van der Waals surface area contributed by atoms with E-state index >= 15 is 0 Å². The van der Waals surface area contributed by atoms with Crippen molar-refractivity contribution in [3.63, 3.8) is 0 Å². The van der Waals surface area contributed by atoms with E-state index in [0.29, 0.717) is 5.92 Å². The molecule has 110 valence electrons. The molecule has 2 heteroatoms. The third-order valence-electron chi connectivity index (χ3n) is 4.74. The van der Waals surface area contributed by atoms with Crippen LogP contribution in [0.15, 0.2) is 48.5 Å². The standard InChI is InChI=1S/C19H24N2/c1-2-14-10-12-16(13-11-14)19(21-20)18-9-4-3-8-17(18)15-6-5-7-15/h3-4,8-13,15,19,21H,2,5-7,20H2,1H3. The monoisotopic (exact) mass is 280 g/mol. The van der Waals surface area contributed by atoms with Gasteiger partial charge in [0, 0.05) is 0 Å². The zero-order valence-corrected chi connectivity index (χ0v) is 12.7. The zero-order valence-electron chi connectivity index (χ0n) is 12.7. The molecule has 1 atom stereocenters. The van der Waals surface area contributed by atoms with Gasteiger partial charge in [-0.25, -0.2) is 5.43 Å². The number of rotatable bonds is 5. The molecule has 0 aliphatic heterocycles. The molecule has 0 bridgehead atoms. The van der Waals surface area contributed by atoms with Gasteiger partial charge in [0.05, 0.1) is 6.04 Å². The van der Waals surface area contributed by atoms with Crippen molar-refractivity contribution in [2.45, 2.75) is 44.6 Å². The van der Waals surface area contributed by atoms with E-state index in [-0.39, 0.29) is 6.04 Å². The van der Waals surface area contributed by atoms with Crippen molar-refractivity contribution in [1.82, 2.24) is 5.43 Å². The molecule has 2 nitrogen and oxygen atoms in total. The lowest BCUT2D eigenvalue weighted by Crippen LogP contribution is -2.30. The lowest BCUT2D eigenvalue weighted by atomic mass is 9.76. The summed E-state index contributed by atoms with van der Waals surface area (Å²) in [6, 6.07) is 17.6. The average molecular weight is 280 g/mol. The summed E-state index contributed by atoms with van der Waals surface area (Å²) in [6.07, 6.45) is 5.04. The first-order valence-corrected chi connectivity index (χ1v) is 7.97. The normalized spacial score (nSPS) is 16.5. The van der Waals surface area contributed by atoms with Gasteiger partial charge in [-0.05, 0) is 47.4 Å². The minimum absolute atomic E-state index is 0.0766. The molecule has 3 rings (SSSR count). The lowest BCUT2D eigenvalue weighted by molar-refractivity contribution is 0.414. The molecule has 1 aliphatic rings. The van der Waals surface area contributed by atoms with Crippen LogP contribution in [0.2, 0.25) is 0 Å². The van der Waals surface area contributed by atoms with Gasteiger partial charge in [0.2, 0.25) is 0 Å². The van der Waals surface area contributed by atoms with Crippen LogP contribution in [-0.2, 0) is 6.42 Å². The molecule has 2 aromatic carbocycles. The molecule has 3 N–H and O–H groups in total. The Morgan fingerprint density at radius 1 is 1.10 bits per heavy atom. The molecular weight excluding hydrogens is 256 g/mol. The van der Waals surface area contributed by atoms with Gasteiger partial charge in [-0.2, -0.15) is 0 Å². The molecule has 0 aromatic heterocycles. The number of aryl methyl sites for hydroxylation is 1. The molecule has 0 spiro atoms. The first-order valence-electron chi connectivity index (χ1n) is 7.97. The second-order valence-corrected chi connectivity index (χ2v) is 5.95. The Hall–Kier alpha value is -1.64. The third-order valence-corrected chi connectivity index (χ3v) is 4.74. The molecule has 1 aliphatic carbocycles. The minimum Gasteiger partial charge on any atom is -0.271 e. The van der Waals surface area contributed by atoms with Crippen molar-refractivity contribution < 1.29 is 0 Å². The number of hydrogen-bond donors (Lipinski definition) is 2. The van der Waals surface area contributed by atoms with Crippen LogP contribution in [0.3, 0.4) is 0 Å². The van der Waals surface area contributed by atoms with Crippen LogP contribution < -0.4 is 11.3 Å². The Balaban J connectivity index is 1.95. The highest BCUT2D eigenvalue weighted by Crippen LogP contribution is 2.40. The Morgan fingerprint density at radius 3 is 2.38 bits per heavy atom. The van der Waals surface area contributed by atoms with Crippen LogP contribution in [0.1, 0.15) is 60.4 Å². The molecule has 0 amide bonds.